The second kappa shape index (κ2) is 7.40. The molecule has 2 heterocycles. The van der Waals surface area contributed by atoms with Gasteiger partial charge in [0.15, 0.2) is 0 Å². The number of carbonyl (C=O) groups is 1. The standard InChI is InChI=1S/C18H19N3O2S/c1-12(4-9-20-18(22)23)10-17-21-15-3-2-14(11-16(15)24-17)13-5-7-19-8-6-13/h2-3,5-8,11-12,20H,4,9-10H2,1H3,(H,22,23). The minimum absolute atomic E-state index is 0.386. The molecular formula is C18H19N3O2S. The lowest BCUT2D eigenvalue weighted by atomic mass is 10.0. The van der Waals surface area contributed by atoms with E-state index in [-0.39, 0.29) is 0 Å². The van der Waals surface area contributed by atoms with Crippen molar-refractivity contribution in [2.24, 2.45) is 5.92 Å². The van der Waals surface area contributed by atoms with Crippen LogP contribution in [0.1, 0.15) is 18.4 Å². The fourth-order valence-corrected chi connectivity index (χ4v) is 3.78. The molecule has 5 nitrogen and oxygen atoms in total. The second-order valence-electron chi connectivity index (χ2n) is 5.86. The van der Waals surface area contributed by atoms with E-state index in [0.717, 1.165) is 28.9 Å². The zero-order chi connectivity index (χ0) is 16.9. The lowest BCUT2D eigenvalue weighted by molar-refractivity contribution is 0.193. The molecule has 2 N–H and O–H groups in total. The summed E-state index contributed by atoms with van der Waals surface area (Å²) in [6, 6.07) is 10.3. The van der Waals surface area contributed by atoms with Gasteiger partial charge in [0.25, 0.3) is 0 Å². The third kappa shape index (κ3) is 4.08. The molecule has 0 aliphatic heterocycles. The molecule has 0 bridgehead atoms. The number of aromatic nitrogens is 2. The van der Waals surface area contributed by atoms with Gasteiger partial charge in [-0.2, -0.15) is 0 Å². The van der Waals surface area contributed by atoms with Crippen LogP contribution in [-0.2, 0) is 6.42 Å². The van der Waals surface area contributed by atoms with Crippen molar-refractivity contribution in [2.75, 3.05) is 6.54 Å². The Morgan fingerprint density at radius 1 is 1.25 bits per heavy atom. The molecule has 1 unspecified atom stereocenters. The zero-order valence-corrected chi connectivity index (χ0v) is 14.2. The molecule has 3 rings (SSSR count). The van der Waals surface area contributed by atoms with E-state index in [2.05, 4.69) is 35.4 Å². The maximum Gasteiger partial charge on any atom is 0.404 e. The van der Waals surface area contributed by atoms with E-state index in [1.807, 2.05) is 12.1 Å². The molecule has 0 saturated heterocycles. The molecule has 0 radical (unpaired) electrons. The quantitative estimate of drug-likeness (QED) is 0.705. The predicted octanol–water partition coefficient (Wildman–Crippen LogP) is 4.19. The van der Waals surface area contributed by atoms with Gasteiger partial charge in [-0.3, -0.25) is 4.98 Å². The number of thiazole rings is 1. The molecule has 24 heavy (non-hydrogen) atoms. The number of amides is 1. The van der Waals surface area contributed by atoms with Crippen LogP contribution in [0.25, 0.3) is 21.3 Å². The summed E-state index contributed by atoms with van der Waals surface area (Å²) in [5.74, 6) is 0.386. The van der Waals surface area contributed by atoms with Gasteiger partial charge in [-0.15, -0.1) is 11.3 Å². The molecule has 124 valence electrons. The first kappa shape index (κ1) is 16.4. The third-order valence-corrected chi connectivity index (χ3v) is 4.92. The number of hydrogen-bond acceptors (Lipinski definition) is 4. The molecule has 1 atom stereocenters. The largest absolute Gasteiger partial charge is 0.465 e. The van der Waals surface area contributed by atoms with Crippen molar-refractivity contribution < 1.29 is 9.90 Å². The maximum atomic E-state index is 10.5. The van der Waals surface area contributed by atoms with Crippen molar-refractivity contribution in [1.29, 1.82) is 0 Å². The van der Waals surface area contributed by atoms with Crippen LogP contribution in [0.4, 0.5) is 4.79 Å². The van der Waals surface area contributed by atoms with E-state index in [1.54, 1.807) is 23.7 Å². The minimum atomic E-state index is -0.967. The van der Waals surface area contributed by atoms with Crippen molar-refractivity contribution >= 4 is 27.6 Å². The first-order valence-corrected chi connectivity index (χ1v) is 8.70. The summed E-state index contributed by atoms with van der Waals surface area (Å²) >= 11 is 1.71. The van der Waals surface area contributed by atoms with E-state index in [0.29, 0.717) is 12.5 Å². The predicted molar refractivity (Wildman–Crippen MR) is 96.4 cm³/mol. The Labute approximate surface area is 144 Å². The number of benzene rings is 1. The van der Waals surface area contributed by atoms with Crippen LogP contribution >= 0.6 is 11.3 Å². The van der Waals surface area contributed by atoms with Gasteiger partial charge in [-0.05, 0) is 47.7 Å². The Kier molecular flexibility index (Phi) is 5.05. The molecule has 0 fully saturated rings. The summed E-state index contributed by atoms with van der Waals surface area (Å²) in [6.07, 6.45) is 4.30. The second-order valence-corrected chi connectivity index (χ2v) is 6.97. The Hall–Kier alpha value is -2.47. The summed E-state index contributed by atoms with van der Waals surface area (Å²) in [5, 5.41) is 12.1. The van der Waals surface area contributed by atoms with E-state index < -0.39 is 6.09 Å². The highest BCUT2D eigenvalue weighted by Gasteiger charge is 2.10. The Morgan fingerprint density at radius 2 is 2.04 bits per heavy atom. The van der Waals surface area contributed by atoms with Gasteiger partial charge in [0.2, 0.25) is 0 Å². The number of fused-ring (bicyclic) bond motifs is 1. The SMILES string of the molecule is CC(CCNC(=O)O)Cc1nc2ccc(-c3ccncc3)cc2s1. The first-order valence-electron chi connectivity index (χ1n) is 7.88. The third-order valence-electron chi connectivity index (χ3n) is 3.88. The van der Waals surface area contributed by atoms with Crippen LogP contribution in [0.15, 0.2) is 42.7 Å². The summed E-state index contributed by atoms with van der Waals surface area (Å²) in [5.41, 5.74) is 3.33. The van der Waals surface area contributed by atoms with Gasteiger partial charge in [0.05, 0.1) is 15.2 Å². The van der Waals surface area contributed by atoms with E-state index >= 15 is 0 Å². The van der Waals surface area contributed by atoms with Crippen LogP contribution < -0.4 is 5.32 Å². The van der Waals surface area contributed by atoms with Crippen LogP contribution in [0, 0.1) is 5.92 Å². The summed E-state index contributed by atoms with van der Waals surface area (Å²) in [6.45, 7) is 2.60. The molecule has 0 aliphatic carbocycles. The average Bonchev–Trinajstić information content (AvgIpc) is 2.96. The van der Waals surface area contributed by atoms with Crippen LogP contribution in [0.2, 0.25) is 0 Å². The fraction of sp³-hybridized carbons (Fsp3) is 0.278. The molecule has 0 saturated carbocycles. The normalized spacial score (nSPS) is 12.2. The first-order chi connectivity index (χ1) is 11.6. The monoisotopic (exact) mass is 341 g/mol. The number of rotatable bonds is 6. The van der Waals surface area contributed by atoms with Crippen molar-refractivity contribution in [1.82, 2.24) is 15.3 Å². The molecule has 6 heteroatoms. The van der Waals surface area contributed by atoms with Gasteiger partial charge in [0.1, 0.15) is 0 Å². The van der Waals surface area contributed by atoms with Gasteiger partial charge in [0, 0.05) is 25.4 Å². The Bertz CT molecular complexity index is 833. The summed E-state index contributed by atoms with van der Waals surface area (Å²) in [7, 11) is 0. The molecular weight excluding hydrogens is 322 g/mol. The van der Waals surface area contributed by atoms with Crippen LogP contribution in [-0.4, -0.2) is 27.7 Å². The number of hydrogen-bond donors (Lipinski definition) is 2. The lowest BCUT2D eigenvalue weighted by Crippen LogP contribution is -2.23. The highest BCUT2D eigenvalue weighted by molar-refractivity contribution is 7.18. The molecule has 1 amide bonds. The molecule has 1 aromatic carbocycles. The smallest absolute Gasteiger partial charge is 0.404 e. The van der Waals surface area contributed by atoms with Gasteiger partial charge in [-0.1, -0.05) is 13.0 Å². The maximum absolute atomic E-state index is 10.5. The number of nitrogens with one attached hydrogen (secondary N) is 1. The molecule has 0 spiro atoms. The summed E-state index contributed by atoms with van der Waals surface area (Å²) in [4.78, 5) is 19.2. The van der Waals surface area contributed by atoms with Crippen molar-refractivity contribution in [3.8, 4) is 11.1 Å². The number of carboxylic acid groups (broad SMARTS) is 1. The summed E-state index contributed by atoms with van der Waals surface area (Å²) < 4.78 is 1.18. The van der Waals surface area contributed by atoms with Gasteiger partial charge < -0.3 is 10.4 Å². The Balaban J connectivity index is 1.71. The van der Waals surface area contributed by atoms with Crippen molar-refractivity contribution in [3.05, 3.63) is 47.7 Å². The average molecular weight is 341 g/mol. The van der Waals surface area contributed by atoms with E-state index in [4.69, 9.17) is 10.1 Å². The van der Waals surface area contributed by atoms with Gasteiger partial charge in [-0.25, -0.2) is 9.78 Å². The van der Waals surface area contributed by atoms with E-state index in [1.165, 1.54) is 10.3 Å². The van der Waals surface area contributed by atoms with Crippen molar-refractivity contribution in [2.45, 2.75) is 19.8 Å². The molecule has 2 aromatic heterocycles. The zero-order valence-electron chi connectivity index (χ0n) is 13.4. The van der Waals surface area contributed by atoms with E-state index in [9.17, 15) is 4.79 Å². The van der Waals surface area contributed by atoms with Crippen LogP contribution in [0.5, 0.6) is 0 Å². The minimum Gasteiger partial charge on any atom is -0.465 e. The lowest BCUT2D eigenvalue weighted by Gasteiger charge is -2.08. The van der Waals surface area contributed by atoms with Gasteiger partial charge >= 0.3 is 6.09 Å². The Morgan fingerprint density at radius 3 is 2.79 bits per heavy atom. The molecule has 3 aromatic rings. The van der Waals surface area contributed by atoms with Crippen LogP contribution in [0.3, 0.4) is 0 Å². The topological polar surface area (TPSA) is 75.1 Å². The molecule has 0 aliphatic rings. The number of pyridine rings is 1. The highest BCUT2D eigenvalue weighted by Crippen LogP contribution is 2.29. The fourth-order valence-electron chi connectivity index (χ4n) is 2.61. The highest BCUT2D eigenvalue weighted by atomic mass is 32.1. The van der Waals surface area contributed by atoms with Crippen molar-refractivity contribution in [3.63, 3.8) is 0 Å². The number of nitrogens with zero attached hydrogens (tertiary/aromatic N) is 2.